The predicted octanol–water partition coefficient (Wildman–Crippen LogP) is -0.391. The van der Waals surface area contributed by atoms with Crippen LogP contribution in [0.5, 0.6) is 0 Å². The van der Waals surface area contributed by atoms with Gasteiger partial charge < -0.3 is 14.5 Å². The molecular weight excluding hydrogens is 400 g/mol. The van der Waals surface area contributed by atoms with Crippen molar-refractivity contribution in [3.05, 3.63) is 17.5 Å². The van der Waals surface area contributed by atoms with E-state index >= 15 is 0 Å². The largest absolute Gasteiger partial charge is 0.450 e. The Morgan fingerprint density at radius 2 is 1.83 bits per heavy atom. The monoisotopic (exact) mass is 428 g/mol. The quantitative estimate of drug-likeness (QED) is 0.701. The van der Waals surface area contributed by atoms with Gasteiger partial charge in [0.1, 0.15) is 6.04 Å². The molecule has 3 heterocycles. The molecule has 2 saturated heterocycles. The molecule has 11 nitrogen and oxygen atoms in total. The second-order valence-corrected chi connectivity index (χ2v) is 9.06. The summed E-state index contributed by atoms with van der Waals surface area (Å²) < 4.78 is 35.6. The van der Waals surface area contributed by atoms with Crippen molar-refractivity contribution in [2.75, 3.05) is 39.8 Å². The Morgan fingerprint density at radius 1 is 1.21 bits per heavy atom. The Labute approximate surface area is 170 Å². The van der Waals surface area contributed by atoms with Crippen molar-refractivity contribution < 1.29 is 22.7 Å². The number of piperazine rings is 1. The zero-order valence-corrected chi connectivity index (χ0v) is 18.0. The minimum Gasteiger partial charge on any atom is -0.450 e. The molecule has 0 radical (unpaired) electrons. The summed E-state index contributed by atoms with van der Waals surface area (Å²) in [6.07, 6.45) is 1.68. The molecule has 1 aromatic rings. The van der Waals surface area contributed by atoms with Crippen LogP contribution < -0.4 is 4.72 Å². The van der Waals surface area contributed by atoms with Gasteiger partial charge in [-0.1, -0.05) is 0 Å². The summed E-state index contributed by atoms with van der Waals surface area (Å²) in [5, 5.41) is 4.28. The number of ether oxygens (including phenoxy) is 1. The predicted molar refractivity (Wildman–Crippen MR) is 104 cm³/mol. The van der Waals surface area contributed by atoms with E-state index in [4.69, 9.17) is 4.74 Å². The molecule has 1 N–H and O–H groups in total. The van der Waals surface area contributed by atoms with Gasteiger partial charge in [-0.3, -0.25) is 9.48 Å². The summed E-state index contributed by atoms with van der Waals surface area (Å²) in [5.74, 6) is -0.257. The summed E-state index contributed by atoms with van der Waals surface area (Å²) in [5.41, 5.74) is 1.48. The van der Waals surface area contributed by atoms with Crippen LogP contribution in [-0.2, 0) is 26.8 Å². The van der Waals surface area contributed by atoms with E-state index in [-0.39, 0.29) is 5.91 Å². The summed E-state index contributed by atoms with van der Waals surface area (Å²) in [6.45, 7) is 5.25. The van der Waals surface area contributed by atoms with Gasteiger partial charge in [0.25, 0.3) is 10.2 Å². The Bertz CT molecular complexity index is 877. The number of hydrogen-bond acceptors (Lipinski definition) is 6. The molecule has 1 aromatic heterocycles. The van der Waals surface area contributed by atoms with Crippen LogP contribution in [0.1, 0.15) is 30.6 Å². The van der Waals surface area contributed by atoms with E-state index in [0.717, 1.165) is 15.6 Å². The fraction of sp³-hybridized carbons (Fsp3) is 0.706. The molecule has 2 aliphatic rings. The second kappa shape index (κ2) is 8.28. The van der Waals surface area contributed by atoms with Gasteiger partial charge in [0, 0.05) is 52.0 Å². The Hall–Kier alpha value is -2.18. The fourth-order valence-electron chi connectivity index (χ4n) is 3.79. The SMILES string of the molecule is CCOC(=O)N1CCN(C(=O)[C@H]2C[C@H](c3cn(C)nc3C)NS(=O)(=O)N2C)CC1. The molecule has 0 saturated carbocycles. The van der Waals surface area contributed by atoms with Gasteiger partial charge in [-0.25, -0.2) is 4.79 Å². The maximum atomic E-state index is 13.2. The lowest BCUT2D eigenvalue weighted by molar-refractivity contribution is -0.137. The number of carbonyl (C=O) groups is 2. The number of aryl methyl sites for hydroxylation is 2. The zero-order chi connectivity index (χ0) is 21.3. The van der Waals surface area contributed by atoms with Gasteiger partial charge in [-0.2, -0.15) is 22.5 Å². The first kappa shape index (κ1) is 21.5. The molecule has 0 unspecified atom stereocenters. The molecule has 2 fully saturated rings. The van der Waals surface area contributed by atoms with Crippen LogP contribution in [0.25, 0.3) is 0 Å². The highest BCUT2D eigenvalue weighted by Crippen LogP contribution is 2.30. The van der Waals surface area contributed by atoms with Crippen LogP contribution in [0.4, 0.5) is 4.79 Å². The average Bonchev–Trinajstić information content (AvgIpc) is 3.01. The molecule has 2 amide bonds. The van der Waals surface area contributed by atoms with Gasteiger partial charge in [0.05, 0.1) is 18.3 Å². The highest BCUT2D eigenvalue weighted by Gasteiger charge is 2.43. The summed E-state index contributed by atoms with van der Waals surface area (Å²) in [7, 11) is -0.638. The van der Waals surface area contributed by atoms with Gasteiger partial charge in [0.15, 0.2) is 0 Å². The number of carbonyl (C=O) groups excluding carboxylic acids is 2. The minimum absolute atomic E-state index is 0.257. The lowest BCUT2D eigenvalue weighted by atomic mass is 9.99. The van der Waals surface area contributed by atoms with Gasteiger partial charge in [-0.05, 0) is 20.3 Å². The fourth-order valence-corrected chi connectivity index (χ4v) is 5.05. The molecule has 0 bridgehead atoms. The minimum atomic E-state index is -3.82. The van der Waals surface area contributed by atoms with E-state index in [9.17, 15) is 18.0 Å². The molecular formula is C17H28N6O5S. The summed E-state index contributed by atoms with van der Waals surface area (Å²) in [4.78, 5) is 28.2. The van der Waals surface area contributed by atoms with Crippen LogP contribution >= 0.6 is 0 Å². The van der Waals surface area contributed by atoms with Gasteiger partial charge in [-0.15, -0.1) is 0 Å². The number of rotatable bonds is 3. The second-order valence-electron chi connectivity index (χ2n) is 7.30. The summed E-state index contributed by atoms with van der Waals surface area (Å²) in [6, 6.07) is -1.35. The molecule has 29 heavy (non-hydrogen) atoms. The normalized spacial score (nSPS) is 25.1. The van der Waals surface area contributed by atoms with E-state index in [1.165, 1.54) is 7.05 Å². The Kier molecular flexibility index (Phi) is 6.15. The third kappa shape index (κ3) is 4.38. The molecule has 3 rings (SSSR count). The number of likely N-dealkylation sites (N-methyl/N-ethyl adjacent to an activating group) is 1. The lowest BCUT2D eigenvalue weighted by Crippen LogP contribution is -2.60. The van der Waals surface area contributed by atoms with Crippen LogP contribution in [0.2, 0.25) is 0 Å². The van der Waals surface area contributed by atoms with E-state index < -0.39 is 28.4 Å². The molecule has 12 heteroatoms. The van der Waals surface area contributed by atoms with E-state index in [1.54, 1.807) is 34.6 Å². The maximum Gasteiger partial charge on any atom is 0.409 e. The molecule has 162 valence electrons. The first-order chi connectivity index (χ1) is 13.6. The number of nitrogens with zero attached hydrogens (tertiary/aromatic N) is 5. The van der Waals surface area contributed by atoms with Crippen LogP contribution in [0.3, 0.4) is 0 Å². The van der Waals surface area contributed by atoms with Crippen molar-refractivity contribution in [2.45, 2.75) is 32.4 Å². The molecule has 2 aliphatic heterocycles. The van der Waals surface area contributed by atoms with Crippen molar-refractivity contribution in [3.8, 4) is 0 Å². The third-order valence-corrected chi connectivity index (χ3v) is 6.99. The number of nitrogens with one attached hydrogen (secondary N) is 1. The topological polar surface area (TPSA) is 117 Å². The van der Waals surface area contributed by atoms with Crippen LogP contribution in [0, 0.1) is 6.92 Å². The summed E-state index contributed by atoms with van der Waals surface area (Å²) >= 11 is 0. The van der Waals surface area contributed by atoms with E-state index in [1.807, 2.05) is 6.92 Å². The van der Waals surface area contributed by atoms with Crippen molar-refractivity contribution >= 4 is 22.2 Å². The molecule has 0 aliphatic carbocycles. The number of amides is 2. The van der Waals surface area contributed by atoms with Gasteiger partial charge in [0.2, 0.25) is 5.91 Å². The van der Waals surface area contributed by atoms with E-state index in [2.05, 4.69) is 9.82 Å². The smallest absolute Gasteiger partial charge is 0.409 e. The van der Waals surface area contributed by atoms with Crippen molar-refractivity contribution in [1.82, 2.24) is 28.6 Å². The first-order valence-corrected chi connectivity index (χ1v) is 11.0. The first-order valence-electron chi connectivity index (χ1n) is 9.60. The Balaban J connectivity index is 1.73. The maximum absolute atomic E-state index is 13.2. The highest BCUT2D eigenvalue weighted by atomic mass is 32.2. The van der Waals surface area contributed by atoms with Crippen molar-refractivity contribution in [2.24, 2.45) is 7.05 Å². The standard InChI is InChI=1S/C17H28N6O5S/c1-5-28-17(25)23-8-6-22(7-9-23)16(24)15-10-14(19-29(26,27)21(15)4)13-11-20(3)18-12(13)2/h11,14-15,19H,5-10H2,1-4H3/t14-,15-/m1/s1. The number of aromatic nitrogens is 2. The average molecular weight is 429 g/mol. The molecule has 0 spiro atoms. The number of hydrogen-bond donors (Lipinski definition) is 1. The zero-order valence-electron chi connectivity index (χ0n) is 17.2. The van der Waals surface area contributed by atoms with E-state index in [0.29, 0.717) is 39.2 Å². The third-order valence-electron chi connectivity index (χ3n) is 5.40. The van der Waals surface area contributed by atoms with Crippen LogP contribution in [-0.4, -0.2) is 90.2 Å². The van der Waals surface area contributed by atoms with Crippen molar-refractivity contribution in [1.29, 1.82) is 0 Å². The molecule has 2 atom stereocenters. The highest BCUT2D eigenvalue weighted by molar-refractivity contribution is 7.87. The van der Waals surface area contributed by atoms with Gasteiger partial charge >= 0.3 is 6.09 Å². The Morgan fingerprint density at radius 3 is 2.38 bits per heavy atom. The molecule has 0 aromatic carbocycles. The van der Waals surface area contributed by atoms with Crippen molar-refractivity contribution in [3.63, 3.8) is 0 Å². The lowest BCUT2D eigenvalue weighted by Gasteiger charge is -2.40. The van der Waals surface area contributed by atoms with Crippen LogP contribution in [0.15, 0.2) is 6.20 Å².